The van der Waals surface area contributed by atoms with Crippen LogP contribution in [0.4, 0.5) is 5.69 Å². The van der Waals surface area contributed by atoms with Gasteiger partial charge in [0.25, 0.3) is 0 Å². The lowest BCUT2D eigenvalue weighted by Crippen LogP contribution is -2.55. The summed E-state index contributed by atoms with van der Waals surface area (Å²) in [7, 11) is 1.68. The van der Waals surface area contributed by atoms with Gasteiger partial charge in [0.15, 0.2) is 6.29 Å². The Morgan fingerprint density at radius 3 is 2.40 bits per heavy atom. The van der Waals surface area contributed by atoms with E-state index in [0.717, 1.165) is 62.7 Å². The number of nitrogens with one attached hydrogen (secondary N) is 5. The number of anilines is 1. The molecule has 184 valence electrons. The molecule has 1 saturated heterocycles. The second kappa shape index (κ2) is 10.9. The van der Waals surface area contributed by atoms with E-state index in [1.807, 2.05) is 36.4 Å². The van der Waals surface area contributed by atoms with Gasteiger partial charge < -0.3 is 20.3 Å². The van der Waals surface area contributed by atoms with Gasteiger partial charge in [-0.2, -0.15) is 0 Å². The highest BCUT2D eigenvalue weighted by Crippen LogP contribution is 2.20. The Bertz CT molecular complexity index is 1060. The van der Waals surface area contributed by atoms with Crippen molar-refractivity contribution in [3.05, 3.63) is 78.0 Å². The van der Waals surface area contributed by atoms with Gasteiger partial charge in [-0.15, -0.1) is 0 Å². The predicted molar refractivity (Wildman–Crippen MR) is 141 cm³/mol. The van der Waals surface area contributed by atoms with Crippen LogP contribution in [0.25, 0.3) is 5.57 Å². The van der Waals surface area contributed by atoms with Crippen LogP contribution in [-0.4, -0.2) is 74.5 Å². The summed E-state index contributed by atoms with van der Waals surface area (Å²) in [5.74, 6) is 1.46. The third kappa shape index (κ3) is 5.67. The first-order chi connectivity index (χ1) is 17.2. The number of methoxy groups -OCH3 is 1. The fraction of sp³-hybridized carbons (Fsp3) is 0.370. The largest absolute Gasteiger partial charge is 0.497 e. The molecule has 0 saturated carbocycles. The van der Waals surface area contributed by atoms with Gasteiger partial charge in [0.1, 0.15) is 11.6 Å². The van der Waals surface area contributed by atoms with Crippen molar-refractivity contribution in [3.63, 3.8) is 0 Å². The maximum atomic E-state index is 8.70. The third-order valence-corrected chi connectivity index (χ3v) is 6.86. The summed E-state index contributed by atoms with van der Waals surface area (Å²) in [4.78, 5) is 4.65. The fourth-order valence-corrected chi connectivity index (χ4v) is 4.74. The van der Waals surface area contributed by atoms with E-state index in [9.17, 15) is 0 Å². The zero-order valence-electron chi connectivity index (χ0n) is 20.3. The Kier molecular flexibility index (Phi) is 7.32. The molecular formula is C27H35N7O. The highest BCUT2D eigenvalue weighted by Gasteiger charge is 2.24. The van der Waals surface area contributed by atoms with E-state index in [0.29, 0.717) is 12.0 Å². The van der Waals surface area contributed by atoms with Crippen LogP contribution in [0.5, 0.6) is 5.75 Å². The lowest BCUT2D eigenvalue weighted by molar-refractivity contribution is 0.133. The van der Waals surface area contributed by atoms with Crippen LogP contribution in [0.3, 0.4) is 0 Å². The van der Waals surface area contributed by atoms with Crippen molar-refractivity contribution in [2.24, 2.45) is 0 Å². The first kappa shape index (κ1) is 23.4. The summed E-state index contributed by atoms with van der Waals surface area (Å²) in [5.41, 5.74) is 4.32. The molecule has 2 aromatic carbocycles. The smallest absolute Gasteiger partial charge is 0.152 e. The van der Waals surface area contributed by atoms with Gasteiger partial charge >= 0.3 is 0 Å². The minimum atomic E-state index is -0.0576. The SMILES string of the molecule is COc1ccc(C2=CNC(Nc3ccc(C(=N)N4CCN(C5C=CCCN5)CC4)cc3)NC2)cc1. The number of nitrogens with zero attached hydrogens (tertiary/aromatic N) is 2. The number of hydrogen-bond acceptors (Lipinski definition) is 7. The second-order valence-corrected chi connectivity index (χ2v) is 9.09. The number of amidine groups is 1. The number of rotatable bonds is 6. The number of benzene rings is 2. The molecule has 35 heavy (non-hydrogen) atoms. The Hall–Kier alpha value is -3.33. The van der Waals surface area contributed by atoms with E-state index in [-0.39, 0.29) is 6.29 Å². The van der Waals surface area contributed by atoms with Crippen molar-refractivity contribution in [2.75, 3.05) is 51.7 Å². The highest BCUT2D eigenvalue weighted by molar-refractivity contribution is 5.96. The Morgan fingerprint density at radius 2 is 1.77 bits per heavy atom. The molecule has 0 spiro atoms. The van der Waals surface area contributed by atoms with Gasteiger partial charge in [-0.05, 0) is 54.0 Å². The summed E-state index contributed by atoms with van der Waals surface area (Å²) in [6, 6.07) is 16.2. The van der Waals surface area contributed by atoms with Crippen molar-refractivity contribution in [1.82, 2.24) is 25.8 Å². The third-order valence-electron chi connectivity index (χ3n) is 6.86. The van der Waals surface area contributed by atoms with Crippen LogP contribution in [-0.2, 0) is 0 Å². The summed E-state index contributed by atoms with van der Waals surface area (Å²) in [6.07, 6.45) is 7.98. The quantitative estimate of drug-likeness (QED) is 0.250. The molecule has 0 amide bonds. The van der Waals surface area contributed by atoms with Gasteiger partial charge in [0, 0.05) is 56.7 Å². The number of hydrogen-bond donors (Lipinski definition) is 5. The minimum absolute atomic E-state index is 0.0576. The molecule has 2 unspecified atom stereocenters. The van der Waals surface area contributed by atoms with Crippen LogP contribution >= 0.6 is 0 Å². The monoisotopic (exact) mass is 473 g/mol. The van der Waals surface area contributed by atoms with E-state index in [1.54, 1.807) is 7.11 Å². The summed E-state index contributed by atoms with van der Waals surface area (Å²) in [5, 5.41) is 22.6. The molecule has 3 aliphatic heterocycles. The topological polar surface area (TPSA) is 87.7 Å². The maximum absolute atomic E-state index is 8.70. The van der Waals surface area contributed by atoms with Crippen molar-refractivity contribution in [3.8, 4) is 5.75 Å². The van der Waals surface area contributed by atoms with Crippen LogP contribution in [0.15, 0.2) is 66.9 Å². The highest BCUT2D eigenvalue weighted by atomic mass is 16.5. The zero-order chi connectivity index (χ0) is 24.0. The normalized spacial score (nSPS) is 22.8. The average Bonchev–Trinajstić information content (AvgIpc) is 2.94. The fourth-order valence-electron chi connectivity index (χ4n) is 4.74. The summed E-state index contributed by atoms with van der Waals surface area (Å²) < 4.78 is 5.24. The van der Waals surface area contributed by atoms with Crippen LogP contribution < -0.4 is 26.0 Å². The van der Waals surface area contributed by atoms with E-state index >= 15 is 0 Å². The van der Waals surface area contributed by atoms with Crippen LogP contribution in [0.2, 0.25) is 0 Å². The molecule has 1 fully saturated rings. The standard InChI is InChI=1S/C27H35N7O/c1-35-24-11-7-20(8-12-24)22-18-30-27(31-19-22)32-23-9-5-21(6-10-23)26(28)34-16-14-33(15-17-34)25-4-2-3-13-29-25/h2,4-12,18,25,27-32H,3,13-17,19H2,1H3. The van der Waals surface area contributed by atoms with Crippen molar-refractivity contribution in [2.45, 2.75) is 18.9 Å². The summed E-state index contributed by atoms with van der Waals surface area (Å²) in [6.45, 7) is 5.50. The van der Waals surface area contributed by atoms with E-state index < -0.39 is 0 Å². The van der Waals surface area contributed by atoms with Gasteiger partial charge in [0.05, 0.1) is 13.3 Å². The first-order valence-electron chi connectivity index (χ1n) is 12.4. The molecule has 8 heteroatoms. The van der Waals surface area contributed by atoms with Crippen molar-refractivity contribution >= 4 is 17.1 Å². The molecule has 0 bridgehead atoms. The Labute approximate surface area is 207 Å². The molecule has 5 rings (SSSR count). The zero-order valence-corrected chi connectivity index (χ0v) is 20.3. The van der Waals surface area contributed by atoms with Gasteiger partial charge in [-0.25, -0.2) is 0 Å². The molecule has 3 aliphatic rings. The molecule has 2 atom stereocenters. The molecule has 0 radical (unpaired) electrons. The molecule has 8 nitrogen and oxygen atoms in total. The van der Waals surface area contributed by atoms with E-state index in [4.69, 9.17) is 10.1 Å². The number of ether oxygens (including phenoxy) is 1. The molecule has 5 N–H and O–H groups in total. The maximum Gasteiger partial charge on any atom is 0.152 e. The van der Waals surface area contributed by atoms with Crippen molar-refractivity contribution < 1.29 is 4.74 Å². The number of piperazine rings is 1. The van der Waals surface area contributed by atoms with Gasteiger partial charge in [0.2, 0.25) is 0 Å². The molecular weight excluding hydrogens is 438 g/mol. The van der Waals surface area contributed by atoms with Crippen LogP contribution in [0, 0.1) is 5.41 Å². The van der Waals surface area contributed by atoms with Crippen molar-refractivity contribution in [1.29, 1.82) is 5.41 Å². The Balaban J connectivity index is 1.11. The minimum Gasteiger partial charge on any atom is -0.497 e. The van der Waals surface area contributed by atoms with Gasteiger partial charge in [-0.1, -0.05) is 24.3 Å². The lowest BCUT2D eigenvalue weighted by atomic mass is 10.1. The lowest BCUT2D eigenvalue weighted by Gasteiger charge is -2.40. The predicted octanol–water partition coefficient (Wildman–Crippen LogP) is 2.44. The molecule has 0 aliphatic carbocycles. The molecule has 3 heterocycles. The van der Waals surface area contributed by atoms with E-state index in [1.165, 1.54) is 11.1 Å². The summed E-state index contributed by atoms with van der Waals surface area (Å²) >= 11 is 0. The molecule has 2 aromatic rings. The van der Waals surface area contributed by atoms with Crippen LogP contribution in [0.1, 0.15) is 17.5 Å². The molecule has 0 aromatic heterocycles. The first-order valence-corrected chi connectivity index (χ1v) is 12.4. The van der Waals surface area contributed by atoms with Gasteiger partial charge in [-0.3, -0.25) is 20.9 Å². The van der Waals surface area contributed by atoms with E-state index in [2.05, 4.69) is 61.6 Å². The Morgan fingerprint density at radius 1 is 1.00 bits per heavy atom. The second-order valence-electron chi connectivity index (χ2n) is 9.09. The average molecular weight is 474 g/mol.